The normalized spacial score (nSPS) is 11.7. The van der Waals surface area contributed by atoms with Gasteiger partial charge in [0.25, 0.3) is 0 Å². The maximum Gasteiger partial charge on any atom is 0.425 e. The van der Waals surface area contributed by atoms with Gasteiger partial charge in [0, 0.05) is 20.8 Å². The number of nitrogen functional groups attached to an aromatic ring is 1. The number of amides is 2. The number of hydrogen-bond acceptors (Lipinski definition) is 9. The lowest BCUT2D eigenvalue weighted by Gasteiger charge is -2.27. The van der Waals surface area contributed by atoms with Gasteiger partial charge in [0.1, 0.15) is 17.0 Å². The molecule has 0 unspecified atom stereocenters. The SMILES string of the molecule is Cc1cc2c(N(C(=O)OC(C)(C)C)C(=O)OC(C)(C)C)nsc2cc1Cl.Cc1cc2c(N)nsc2cc1Cl. The van der Waals surface area contributed by atoms with Crippen molar-refractivity contribution in [2.45, 2.75) is 66.6 Å². The zero-order chi connectivity index (χ0) is 28.6. The summed E-state index contributed by atoms with van der Waals surface area (Å²) in [5.41, 5.74) is 5.95. The van der Waals surface area contributed by atoms with E-state index < -0.39 is 23.4 Å². The molecule has 0 fully saturated rings. The summed E-state index contributed by atoms with van der Waals surface area (Å²) in [5, 5.41) is 3.00. The Kier molecular flexibility index (Phi) is 8.82. The second-order valence-corrected chi connectivity index (χ2v) is 13.0. The molecule has 0 aliphatic carbocycles. The van der Waals surface area contributed by atoms with Gasteiger partial charge in [0.15, 0.2) is 5.82 Å². The van der Waals surface area contributed by atoms with E-state index in [0.717, 1.165) is 47.4 Å². The number of ether oxygens (including phenoxy) is 2. The van der Waals surface area contributed by atoms with E-state index in [1.807, 2.05) is 26.0 Å². The Balaban J connectivity index is 0.000000275. The fourth-order valence-electron chi connectivity index (χ4n) is 3.17. The van der Waals surface area contributed by atoms with Gasteiger partial charge in [-0.15, -0.1) is 0 Å². The number of nitrogens with zero attached hydrogens (tertiary/aromatic N) is 3. The number of carbonyl (C=O) groups excluding carboxylic acids is 2. The van der Waals surface area contributed by atoms with E-state index in [1.54, 1.807) is 53.7 Å². The van der Waals surface area contributed by atoms with Crippen LogP contribution in [0, 0.1) is 13.8 Å². The monoisotopic (exact) mass is 596 g/mol. The van der Waals surface area contributed by atoms with Crippen LogP contribution in [0.5, 0.6) is 0 Å². The van der Waals surface area contributed by atoms with Crippen LogP contribution in [0.4, 0.5) is 21.2 Å². The summed E-state index contributed by atoms with van der Waals surface area (Å²) < 4.78 is 20.9. The number of aromatic nitrogens is 2. The molecule has 8 nitrogen and oxygen atoms in total. The summed E-state index contributed by atoms with van der Waals surface area (Å²) in [7, 11) is 0. The average molecular weight is 598 g/mol. The third-order valence-electron chi connectivity index (χ3n) is 4.88. The summed E-state index contributed by atoms with van der Waals surface area (Å²) in [4.78, 5) is 26.3. The third-order valence-corrected chi connectivity index (χ3v) is 7.31. The lowest BCUT2D eigenvalue weighted by atomic mass is 10.2. The molecular weight excluding hydrogens is 567 g/mol. The first kappa shape index (κ1) is 29.9. The molecule has 2 aromatic carbocycles. The van der Waals surface area contributed by atoms with Crippen LogP contribution in [0.15, 0.2) is 24.3 Å². The Labute approximate surface area is 239 Å². The van der Waals surface area contributed by atoms with Crippen molar-refractivity contribution in [3.63, 3.8) is 0 Å². The van der Waals surface area contributed by atoms with Gasteiger partial charge in [-0.2, -0.15) is 13.6 Å². The van der Waals surface area contributed by atoms with Crippen molar-refractivity contribution < 1.29 is 19.1 Å². The van der Waals surface area contributed by atoms with E-state index in [0.29, 0.717) is 16.2 Å². The molecule has 0 aliphatic rings. The van der Waals surface area contributed by atoms with Crippen molar-refractivity contribution >= 4 is 90.3 Å². The van der Waals surface area contributed by atoms with E-state index in [4.69, 9.17) is 38.4 Å². The van der Waals surface area contributed by atoms with Crippen LogP contribution in [0.1, 0.15) is 52.7 Å². The number of benzene rings is 2. The lowest BCUT2D eigenvalue weighted by Crippen LogP contribution is -2.44. The first-order chi connectivity index (χ1) is 17.5. The molecule has 0 radical (unpaired) electrons. The molecule has 0 saturated carbocycles. The van der Waals surface area contributed by atoms with E-state index in [2.05, 4.69) is 8.75 Å². The van der Waals surface area contributed by atoms with Crippen LogP contribution >= 0.6 is 46.3 Å². The smallest absolute Gasteiger partial charge is 0.425 e. The van der Waals surface area contributed by atoms with Crippen LogP contribution in [0.2, 0.25) is 10.0 Å². The Hall–Kier alpha value is -2.66. The number of halogens is 2. The van der Waals surface area contributed by atoms with Gasteiger partial charge < -0.3 is 15.2 Å². The summed E-state index contributed by atoms with van der Waals surface area (Å²) in [6.07, 6.45) is -1.68. The largest absolute Gasteiger partial charge is 0.443 e. The molecule has 204 valence electrons. The molecule has 0 atom stereocenters. The predicted molar refractivity (Wildman–Crippen MR) is 158 cm³/mol. The quantitative estimate of drug-likeness (QED) is 0.234. The summed E-state index contributed by atoms with van der Waals surface area (Å²) in [6, 6.07) is 7.42. The lowest BCUT2D eigenvalue weighted by molar-refractivity contribution is 0.0430. The van der Waals surface area contributed by atoms with Gasteiger partial charge in [0.2, 0.25) is 0 Å². The van der Waals surface area contributed by atoms with Crippen molar-refractivity contribution in [2.24, 2.45) is 0 Å². The molecule has 0 spiro atoms. The molecule has 4 aromatic rings. The number of nitrogens with two attached hydrogens (primary N) is 1. The molecular formula is C26H30Cl2N4O4S2. The number of aryl methyl sites for hydroxylation is 2. The number of fused-ring (bicyclic) bond motifs is 2. The third kappa shape index (κ3) is 7.25. The number of hydrogen-bond donors (Lipinski definition) is 1. The highest BCUT2D eigenvalue weighted by atomic mass is 35.5. The number of anilines is 2. The van der Waals surface area contributed by atoms with Gasteiger partial charge >= 0.3 is 12.2 Å². The van der Waals surface area contributed by atoms with E-state index in [9.17, 15) is 9.59 Å². The number of rotatable bonds is 1. The van der Waals surface area contributed by atoms with Crippen molar-refractivity contribution in [3.8, 4) is 0 Å². The molecule has 2 aromatic heterocycles. The molecule has 0 saturated heterocycles. The van der Waals surface area contributed by atoms with Crippen molar-refractivity contribution in [1.29, 1.82) is 0 Å². The molecule has 0 aliphatic heterocycles. The minimum Gasteiger partial charge on any atom is -0.443 e. The highest BCUT2D eigenvalue weighted by molar-refractivity contribution is 7.14. The van der Waals surface area contributed by atoms with Gasteiger partial charge in [0.05, 0.1) is 9.40 Å². The van der Waals surface area contributed by atoms with Crippen molar-refractivity contribution in [2.75, 3.05) is 10.6 Å². The number of imide groups is 1. The molecule has 12 heteroatoms. The Morgan fingerprint density at radius 3 is 1.68 bits per heavy atom. The van der Waals surface area contributed by atoms with E-state index in [-0.39, 0.29) is 5.82 Å². The average Bonchev–Trinajstić information content (AvgIpc) is 3.30. The minimum atomic E-state index is -0.841. The molecule has 2 amide bonds. The zero-order valence-corrected chi connectivity index (χ0v) is 25.6. The minimum absolute atomic E-state index is 0.174. The fraction of sp³-hybridized carbons (Fsp3) is 0.385. The summed E-state index contributed by atoms with van der Waals surface area (Å²) >= 11 is 14.6. The highest BCUT2D eigenvalue weighted by Crippen LogP contribution is 2.35. The molecule has 38 heavy (non-hydrogen) atoms. The van der Waals surface area contributed by atoms with Crippen LogP contribution in [-0.4, -0.2) is 32.1 Å². The van der Waals surface area contributed by atoms with Crippen LogP contribution in [-0.2, 0) is 9.47 Å². The highest BCUT2D eigenvalue weighted by Gasteiger charge is 2.35. The topological polar surface area (TPSA) is 108 Å². The van der Waals surface area contributed by atoms with E-state index in [1.165, 1.54) is 11.5 Å². The Bertz CT molecular complexity index is 1480. The molecule has 4 rings (SSSR count). The van der Waals surface area contributed by atoms with Crippen molar-refractivity contribution in [1.82, 2.24) is 8.75 Å². The van der Waals surface area contributed by atoms with Gasteiger partial charge in [-0.05, 0) is 114 Å². The second kappa shape index (κ2) is 11.2. The van der Waals surface area contributed by atoms with Gasteiger partial charge in [-0.3, -0.25) is 0 Å². The van der Waals surface area contributed by atoms with Crippen LogP contribution in [0.25, 0.3) is 20.2 Å². The van der Waals surface area contributed by atoms with Gasteiger partial charge in [-0.1, -0.05) is 23.2 Å². The first-order valence-corrected chi connectivity index (χ1v) is 13.9. The maximum absolute atomic E-state index is 12.7. The molecule has 0 bridgehead atoms. The Morgan fingerprint density at radius 2 is 1.21 bits per heavy atom. The first-order valence-electron chi connectivity index (χ1n) is 11.6. The van der Waals surface area contributed by atoms with E-state index >= 15 is 0 Å². The zero-order valence-electron chi connectivity index (χ0n) is 22.4. The maximum atomic E-state index is 12.7. The standard InChI is InChI=1S/C18H23ClN2O4S.C8H7ClN2S/c1-10-8-11-13(9-12(10)19)26-20-14(11)21(15(22)24-17(2,3)4)16(23)25-18(5,6)7;1-4-2-5-7(3-6(4)9)12-11-8(5)10/h8-9H,1-7H3;2-3H,1H3,(H2,10,11). The number of carbonyl (C=O) groups is 2. The fourth-order valence-corrected chi connectivity index (χ4v) is 5.13. The summed E-state index contributed by atoms with van der Waals surface area (Å²) in [5.74, 6) is 0.767. The van der Waals surface area contributed by atoms with Gasteiger partial charge in [-0.25, -0.2) is 9.59 Å². The van der Waals surface area contributed by atoms with Crippen molar-refractivity contribution in [3.05, 3.63) is 45.4 Å². The molecule has 2 N–H and O–H groups in total. The Morgan fingerprint density at radius 1 is 0.789 bits per heavy atom. The summed E-state index contributed by atoms with van der Waals surface area (Å²) in [6.45, 7) is 14.1. The van der Waals surface area contributed by atoms with Crippen LogP contribution in [0.3, 0.4) is 0 Å². The predicted octanol–water partition coefficient (Wildman–Crippen LogP) is 8.78. The second-order valence-electron chi connectivity index (χ2n) is 10.6. The van der Waals surface area contributed by atoms with Crippen LogP contribution < -0.4 is 10.6 Å². The molecule has 2 heterocycles.